The fourth-order valence-electron chi connectivity index (χ4n) is 1.34. The summed E-state index contributed by atoms with van der Waals surface area (Å²) in [6, 6.07) is 11.0. The van der Waals surface area contributed by atoms with Crippen LogP contribution >= 0.6 is 11.8 Å². The van der Waals surface area contributed by atoms with Crippen molar-refractivity contribution in [2.75, 3.05) is 6.54 Å². The minimum Gasteiger partial charge on any atom is -0.361 e. The fourth-order valence-corrected chi connectivity index (χ4v) is 2.28. The van der Waals surface area contributed by atoms with E-state index in [2.05, 4.69) is 41.5 Å². The van der Waals surface area contributed by atoms with Gasteiger partial charge in [0.2, 0.25) is 0 Å². The topological polar surface area (TPSA) is 24.4 Å². The van der Waals surface area contributed by atoms with E-state index in [1.807, 2.05) is 6.07 Å². The van der Waals surface area contributed by atoms with Crippen LogP contribution in [0, 0.1) is 0 Å². The predicted molar refractivity (Wildman–Crippen MR) is 62.6 cm³/mol. The van der Waals surface area contributed by atoms with Gasteiger partial charge in [-0.3, -0.25) is 4.99 Å². The number of nitrogens with zero attached hydrogens (tertiary/aromatic N) is 1. The lowest BCUT2D eigenvalue weighted by molar-refractivity contribution is 0.728. The molecule has 1 atom stereocenters. The van der Waals surface area contributed by atoms with E-state index in [1.54, 1.807) is 11.8 Å². The zero-order chi connectivity index (χ0) is 9.80. The Hall–Kier alpha value is -0.960. The normalized spacial score (nSPS) is 20.4. The lowest BCUT2D eigenvalue weighted by atomic mass is 10.2. The molecular weight excluding hydrogens is 192 g/mol. The largest absolute Gasteiger partial charge is 0.361 e. The minimum atomic E-state index is 0.508. The molecule has 14 heavy (non-hydrogen) atoms. The lowest BCUT2D eigenvalue weighted by Crippen LogP contribution is -2.25. The Morgan fingerprint density at radius 3 is 2.86 bits per heavy atom. The van der Waals surface area contributed by atoms with Gasteiger partial charge in [-0.1, -0.05) is 42.1 Å². The number of benzene rings is 1. The highest BCUT2D eigenvalue weighted by molar-refractivity contribution is 8.13. The summed E-state index contributed by atoms with van der Waals surface area (Å²) in [6.45, 7) is 3.07. The molecule has 1 heterocycles. The van der Waals surface area contributed by atoms with E-state index in [4.69, 9.17) is 0 Å². The second kappa shape index (κ2) is 4.51. The summed E-state index contributed by atoms with van der Waals surface area (Å²) in [5.74, 6) is 0.999. The summed E-state index contributed by atoms with van der Waals surface area (Å²) in [5.41, 5.74) is 1.35. The smallest absolute Gasteiger partial charge is 0.157 e. The van der Waals surface area contributed by atoms with Crippen molar-refractivity contribution >= 4 is 16.9 Å². The molecule has 0 radical (unpaired) electrons. The average Bonchev–Trinajstić information content (AvgIpc) is 2.63. The Morgan fingerprint density at radius 2 is 2.21 bits per heavy atom. The lowest BCUT2D eigenvalue weighted by Gasteiger charge is -2.04. The van der Waals surface area contributed by atoms with Crippen LogP contribution in [0.5, 0.6) is 0 Å². The second-order valence-electron chi connectivity index (χ2n) is 3.47. The molecule has 2 nitrogen and oxygen atoms in total. The molecule has 1 aliphatic heterocycles. The Labute approximate surface area is 88.8 Å². The molecule has 74 valence electrons. The molecule has 3 heteroatoms. The highest BCUT2D eigenvalue weighted by atomic mass is 32.2. The van der Waals surface area contributed by atoms with Crippen molar-refractivity contribution in [2.24, 2.45) is 4.99 Å². The van der Waals surface area contributed by atoms with E-state index in [-0.39, 0.29) is 0 Å². The summed E-state index contributed by atoms with van der Waals surface area (Å²) in [5, 5.41) is 4.42. The Kier molecular flexibility index (Phi) is 3.09. The molecule has 0 unspecified atom stereocenters. The predicted octanol–water partition coefficient (Wildman–Crippen LogP) is 2.27. The number of nitrogens with one attached hydrogen (secondary N) is 1. The van der Waals surface area contributed by atoms with Crippen molar-refractivity contribution in [3.8, 4) is 0 Å². The Bertz CT molecular complexity index is 321. The molecule has 1 N–H and O–H groups in total. The number of aliphatic imine (C=N–C) groups is 1. The maximum absolute atomic E-state index is 4.40. The zero-order valence-corrected chi connectivity index (χ0v) is 9.05. The van der Waals surface area contributed by atoms with E-state index in [9.17, 15) is 0 Å². The molecular formula is C11H14N2S. The van der Waals surface area contributed by atoms with E-state index < -0.39 is 0 Å². The number of hydrogen-bond donors (Lipinski definition) is 1. The number of rotatable bonds is 2. The third kappa shape index (κ3) is 2.51. The first kappa shape index (κ1) is 9.59. The van der Waals surface area contributed by atoms with Gasteiger partial charge in [-0.15, -0.1) is 0 Å². The Balaban J connectivity index is 1.84. The van der Waals surface area contributed by atoms with Crippen LogP contribution in [0.4, 0.5) is 0 Å². The summed E-state index contributed by atoms with van der Waals surface area (Å²) in [7, 11) is 0. The standard InChI is InChI=1S/C11H14N2S/c1-9-7-12-11(13-9)14-8-10-5-3-2-4-6-10/h2-6,9H,7-8H2,1H3,(H,12,13)/t9-/m0/s1. The first-order valence-corrected chi connectivity index (χ1v) is 5.81. The molecule has 1 aromatic carbocycles. The highest BCUT2D eigenvalue weighted by Crippen LogP contribution is 2.15. The highest BCUT2D eigenvalue weighted by Gasteiger charge is 2.12. The van der Waals surface area contributed by atoms with Crippen molar-refractivity contribution in [2.45, 2.75) is 18.7 Å². The van der Waals surface area contributed by atoms with E-state index >= 15 is 0 Å². The number of amidine groups is 1. The first-order chi connectivity index (χ1) is 6.84. The van der Waals surface area contributed by atoms with Crippen LogP contribution in [0.1, 0.15) is 12.5 Å². The zero-order valence-electron chi connectivity index (χ0n) is 8.23. The van der Waals surface area contributed by atoms with Gasteiger partial charge < -0.3 is 5.32 Å². The quantitative estimate of drug-likeness (QED) is 0.802. The van der Waals surface area contributed by atoms with Crippen LogP contribution in [0.15, 0.2) is 35.3 Å². The van der Waals surface area contributed by atoms with Gasteiger partial charge in [0, 0.05) is 11.8 Å². The second-order valence-corrected chi connectivity index (χ2v) is 4.43. The van der Waals surface area contributed by atoms with E-state index in [1.165, 1.54) is 5.56 Å². The van der Waals surface area contributed by atoms with Crippen molar-refractivity contribution < 1.29 is 0 Å². The van der Waals surface area contributed by atoms with Crippen molar-refractivity contribution in [1.82, 2.24) is 5.32 Å². The molecule has 0 aromatic heterocycles. The molecule has 0 saturated heterocycles. The van der Waals surface area contributed by atoms with Crippen LogP contribution in [0.2, 0.25) is 0 Å². The molecule has 0 aliphatic carbocycles. The van der Waals surface area contributed by atoms with Gasteiger partial charge in [-0.2, -0.15) is 0 Å². The Morgan fingerprint density at radius 1 is 1.43 bits per heavy atom. The molecule has 2 rings (SSSR count). The van der Waals surface area contributed by atoms with Crippen LogP contribution in [0.3, 0.4) is 0 Å². The number of hydrogen-bond acceptors (Lipinski definition) is 3. The van der Waals surface area contributed by atoms with Crippen molar-refractivity contribution in [1.29, 1.82) is 0 Å². The van der Waals surface area contributed by atoms with Gasteiger partial charge in [0.15, 0.2) is 5.17 Å². The van der Waals surface area contributed by atoms with E-state index in [0.717, 1.165) is 17.5 Å². The molecule has 0 amide bonds. The fraction of sp³-hybridized carbons (Fsp3) is 0.364. The maximum atomic E-state index is 4.40. The molecule has 0 spiro atoms. The summed E-state index contributed by atoms with van der Waals surface area (Å²) < 4.78 is 0. The van der Waals surface area contributed by atoms with Gasteiger partial charge in [0.1, 0.15) is 0 Å². The van der Waals surface area contributed by atoms with Crippen LogP contribution in [-0.2, 0) is 5.75 Å². The average molecular weight is 206 g/mol. The minimum absolute atomic E-state index is 0.508. The molecule has 1 aliphatic rings. The SMILES string of the molecule is C[C@H]1CN=C(SCc2ccccc2)N1. The van der Waals surface area contributed by atoms with Gasteiger partial charge in [0.05, 0.1) is 6.54 Å². The van der Waals surface area contributed by atoms with Crippen molar-refractivity contribution in [3.05, 3.63) is 35.9 Å². The third-order valence-corrected chi connectivity index (χ3v) is 3.10. The molecule has 1 aromatic rings. The van der Waals surface area contributed by atoms with Gasteiger partial charge in [-0.25, -0.2) is 0 Å². The van der Waals surface area contributed by atoms with Crippen LogP contribution in [0.25, 0.3) is 0 Å². The van der Waals surface area contributed by atoms with Gasteiger partial charge >= 0.3 is 0 Å². The summed E-state index contributed by atoms with van der Waals surface area (Å²) in [4.78, 5) is 4.40. The maximum Gasteiger partial charge on any atom is 0.157 e. The third-order valence-electron chi connectivity index (χ3n) is 2.10. The van der Waals surface area contributed by atoms with Crippen LogP contribution in [-0.4, -0.2) is 17.8 Å². The van der Waals surface area contributed by atoms with Crippen LogP contribution < -0.4 is 5.32 Å². The van der Waals surface area contributed by atoms with Crippen molar-refractivity contribution in [3.63, 3.8) is 0 Å². The molecule has 0 fully saturated rings. The molecule has 0 saturated carbocycles. The summed E-state index contributed by atoms with van der Waals surface area (Å²) >= 11 is 1.78. The molecule has 0 bridgehead atoms. The van der Waals surface area contributed by atoms with Gasteiger partial charge in [0.25, 0.3) is 0 Å². The van der Waals surface area contributed by atoms with E-state index in [0.29, 0.717) is 6.04 Å². The van der Waals surface area contributed by atoms with Gasteiger partial charge in [-0.05, 0) is 12.5 Å². The monoisotopic (exact) mass is 206 g/mol. The first-order valence-electron chi connectivity index (χ1n) is 4.82. The number of thioether (sulfide) groups is 1. The summed E-state index contributed by atoms with van der Waals surface area (Å²) in [6.07, 6.45) is 0.